The molecule has 0 saturated heterocycles. The number of phenolic OH excluding ortho intramolecular Hbond substituents is 1. The molecular weight excluding hydrogens is 214 g/mol. The largest absolute Gasteiger partial charge is 0.508 e. The van der Waals surface area contributed by atoms with E-state index in [1.165, 1.54) is 24.0 Å². The molecule has 0 aliphatic heterocycles. The maximum atomic E-state index is 9.67. The van der Waals surface area contributed by atoms with Gasteiger partial charge in [0.05, 0.1) is 0 Å². The molecule has 0 bridgehead atoms. The maximum absolute atomic E-state index is 9.67. The Kier molecular flexibility index (Phi) is 4.40. The molecule has 2 rings (SSSR count). The Bertz CT molecular complexity index is 361. The van der Waals surface area contributed by atoms with Crippen LogP contribution in [-0.4, -0.2) is 24.9 Å². The van der Waals surface area contributed by atoms with Gasteiger partial charge in [-0.15, -0.1) is 0 Å². The zero-order chi connectivity index (χ0) is 12.1. The number of phenols is 1. The van der Waals surface area contributed by atoms with Crippen molar-refractivity contribution in [1.29, 1.82) is 0 Å². The second-order valence-corrected chi connectivity index (χ2v) is 4.76. The number of aryl methyl sites for hydroxylation is 1. The minimum atomic E-state index is 0.368. The van der Waals surface area contributed by atoms with Gasteiger partial charge in [-0.25, -0.2) is 0 Å². The molecule has 2 N–H and O–H groups in total. The molecule has 0 amide bonds. The summed E-state index contributed by atoms with van der Waals surface area (Å²) in [5.74, 6) is 0.368. The Morgan fingerprint density at radius 1 is 1.29 bits per heavy atom. The molecule has 17 heavy (non-hydrogen) atoms. The summed E-state index contributed by atoms with van der Waals surface area (Å²) in [5, 5.41) is 13.1. The first-order valence-electron chi connectivity index (χ1n) is 6.32. The van der Waals surface area contributed by atoms with Crippen molar-refractivity contribution in [3.8, 4) is 5.75 Å². The molecule has 1 saturated carbocycles. The van der Waals surface area contributed by atoms with Crippen molar-refractivity contribution < 1.29 is 9.84 Å². The highest BCUT2D eigenvalue weighted by molar-refractivity contribution is 5.33. The lowest BCUT2D eigenvalue weighted by atomic mass is 10.1. The molecule has 0 radical (unpaired) electrons. The minimum absolute atomic E-state index is 0.368. The Labute approximate surface area is 103 Å². The second-order valence-electron chi connectivity index (χ2n) is 4.76. The summed E-state index contributed by atoms with van der Waals surface area (Å²) in [7, 11) is 1.72. The summed E-state index contributed by atoms with van der Waals surface area (Å²) >= 11 is 0. The maximum Gasteiger partial charge on any atom is 0.116 e. The van der Waals surface area contributed by atoms with E-state index in [-0.39, 0.29) is 0 Å². The van der Waals surface area contributed by atoms with Crippen molar-refractivity contribution in [3.63, 3.8) is 0 Å². The average molecular weight is 235 g/mol. The van der Waals surface area contributed by atoms with Crippen LogP contribution in [0.25, 0.3) is 0 Å². The normalized spacial score (nSPS) is 15.1. The van der Waals surface area contributed by atoms with Crippen molar-refractivity contribution in [2.45, 2.75) is 38.3 Å². The topological polar surface area (TPSA) is 41.5 Å². The van der Waals surface area contributed by atoms with E-state index in [0.29, 0.717) is 11.8 Å². The highest BCUT2D eigenvalue weighted by atomic mass is 16.5. The van der Waals surface area contributed by atoms with E-state index in [9.17, 15) is 5.11 Å². The third kappa shape index (κ3) is 4.36. The molecule has 1 aromatic carbocycles. The van der Waals surface area contributed by atoms with E-state index in [2.05, 4.69) is 11.4 Å². The first kappa shape index (κ1) is 12.4. The Morgan fingerprint density at radius 3 is 2.76 bits per heavy atom. The van der Waals surface area contributed by atoms with Gasteiger partial charge in [-0.3, -0.25) is 0 Å². The van der Waals surface area contributed by atoms with Crippen LogP contribution in [-0.2, 0) is 17.7 Å². The Balaban J connectivity index is 1.90. The van der Waals surface area contributed by atoms with E-state index < -0.39 is 0 Å². The summed E-state index contributed by atoms with van der Waals surface area (Å²) in [5.41, 5.74) is 2.36. The Hall–Kier alpha value is -1.06. The van der Waals surface area contributed by atoms with Gasteiger partial charge in [-0.05, 0) is 48.9 Å². The fourth-order valence-electron chi connectivity index (χ4n) is 1.96. The molecule has 1 aliphatic rings. The van der Waals surface area contributed by atoms with E-state index in [1.807, 2.05) is 12.1 Å². The summed E-state index contributed by atoms with van der Waals surface area (Å²) in [6, 6.07) is 6.56. The van der Waals surface area contributed by atoms with Gasteiger partial charge in [0, 0.05) is 26.3 Å². The number of benzene rings is 1. The SMILES string of the molecule is COCCCc1cc(O)cc(CNC2CC2)c1. The zero-order valence-electron chi connectivity index (χ0n) is 10.4. The van der Waals surface area contributed by atoms with Gasteiger partial charge >= 0.3 is 0 Å². The van der Waals surface area contributed by atoms with Crippen LogP contribution in [0.5, 0.6) is 5.75 Å². The third-order valence-corrected chi connectivity index (χ3v) is 3.02. The molecular formula is C14H21NO2. The van der Waals surface area contributed by atoms with Crippen molar-refractivity contribution in [2.24, 2.45) is 0 Å². The lowest BCUT2D eigenvalue weighted by molar-refractivity contribution is 0.195. The van der Waals surface area contributed by atoms with Gasteiger partial charge in [0.15, 0.2) is 0 Å². The highest BCUT2D eigenvalue weighted by Crippen LogP contribution is 2.21. The van der Waals surface area contributed by atoms with Gasteiger partial charge in [0.25, 0.3) is 0 Å². The van der Waals surface area contributed by atoms with Crippen molar-refractivity contribution in [1.82, 2.24) is 5.32 Å². The molecule has 3 heteroatoms. The lowest BCUT2D eigenvalue weighted by Gasteiger charge is -2.08. The van der Waals surface area contributed by atoms with Crippen molar-refractivity contribution in [3.05, 3.63) is 29.3 Å². The Morgan fingerprint density at radius 2 is 2.06 bits per heavy atom. The van der Waals surface area contributed by atoms with Crippen LogP contribution in [0.2, 0.25) is 0 Å². The van der Waals surface area contributed by atoms with Crippen LogP contribution in [0.3, 0.4) is 0 Å². The fraction of sp³-hybridized carbons (Fsp3) is 0.571. The molecule has 1 aromatic rings. The number of nitrogens with one attached hydrogen (secondary N) is 1. The molecule has 3 nitrogen and oxygen atoms in total. The van der Waals surface area contributed by atoms with Crippen LogP contribution in [0.15, 0.2) is 18.2 Å². The van der Waals surface area contributed by atoms with Crippen LogP contribution >= 0.6 is 0 Å². The van der Waals surface area contributed by atoms with Crippen LogP contribution in [0, 0.1) is 0 Å². The number of aromatic hydroxyl groups is 1. The van der Waals surface area contributed by atoms with E-state index in [0.717, 1.165) is 26.0 Å². The highest BCUT2D eigenvalue weighted by Gasteiger charge is 2.19. The average Bonchev–Trinajstić information content (AvgIpc) is 3.10. The predicted octanol–water partition coefficient (Wildman–Crippen LogP) is 2.22. The quantitative estimate of drug-likeness (QED) is 0.712. The van der Waals surface area contributed by atoms with Gasteiger partial charge in [0.2, 0.25) is 0 Å². The standard InChI is InChI=1S/C14H21NO2/c1-17-6-2-3-11-7-12(9-14(16)8-11)10-15-13-4-5-13/h7-9,13,15-16H,2-6,10H2,1H3. The zero-order valence-corrected chi connectivity index (χ0v) is 10.4. The third-order valence-electron chi connectivity index (χ3n) is 3.02. The van der Waals surface area contributed by atoms with Crippen LogP contribution < -0.4 is 5.32 Å². The number of ether oxygens (including phenoxy) is 1. The summed E-state index contributed by atoms with van der Waals surface area (Å²) in [6.45, 7) is 1.63. The second kappa shape index (κ2) is 6.03. The van der Waals surface area contributed by atoms with Gasteiger partial charge in [-0.2, -0.15) is 0 Å². The van der Waals surface area contributed by atoms with E-state index in [4.69, 9.17) is 4.74 Å². The minimum Gasteiger partial charge on any atom is -0.508 e. The van der Waals surface area contributed by atoms with Gasteiger partial charge < -0.3 is 15.2 Å². The summed E-state index contributed by atoms with van der Waals surface area (Å²) < 4.78 is 5.04. The van der Waals surface area contributed by atoms with Gasteiger partial charge in [-0.1, -0.05) is 6.07 Å². The predicted molar refractivity (Wildman–Crippen MR) is 68.2 cm³/mol. The lowest BCUT2D eigenvalue weighted by Crippen LogP contribution is -2.15. The molecule has 1 aliphatic carbocycles. The molecule has 0 spiro atoms. The first-order chi connectivity index (χ1) is 8.28. The fourth-order valence-corrected chi connectivity index (χ4v) is 1.96. The number of rotatable bonds is 7. The monoisotopic (exact) mass is 235 g/mol. The molecule has 0 unspecified atom stereocenters. The van der Waals surface area contributed by atoms with Crippen molar-refractivity contribution >= 4 is 0 Å². The molecule has 0 heterocycles. The first-order valence-corrected chi connectivity index (χ1v) is 6.32. The molecule has 1 fully saturated rings. The summed E-state index contributed by atoms with van der Waals surface area (Å²) in [4.78, 5) is 0. The smallest absolute Gasteiger partial charge is 0.116 e. The van der Waals surface area contributed by atoms with E-state index in [1.54, 1.807) is 7.11 Å². The van der Waals surface area contributed by atoms with Gasteiger partial charge in [0.1, 0.15) is 5.75 Å². The van der Waals surface area contributed by atoms with E-state index >= 15 is 0 Å². The van der Waals surface area contributed by atoms with Crippen molar-refractivity contribution in [2.75, 3.05) is 13.7 Å². The van der Waals surface area contributed by atoms with Crippen LogP contribution in [0.1, 0.15) is 30.4 Å². The number of hydrogen-bond acceptors (Lipinski definition) is 3. The molecule has 0 atom stereocenters. The number of methoxy groups -OCH3 is 1. The summed E-state index contributed by atoms with van der Waals surface area (Å²) in [6.07, 6.45) is 4.53. The molecule has 94 valence electrons. The number of hydrogen-bond donors (Lipinski definition) is 2. The molecule has 0 aromatic heterocycles. The van der Waals surface area contributed by atoms with Crippen LogP contribution in [0.4, 0.5) is 0 Å².